The number of amides is 2. The molecule has 1 aromatic rings. The number of rotatable bonds is 8. The van der Waals surface area contributed by atoms with Gasteiger partial charge in [-0.05, 0) is 62.4 Å². The van der Waals surface area contributed by atoms with Crippen LogP contribution in [0.5, 0.6) is 11.5 Å². The normalized spacial score (nSPS) is 20.0. The summed E-state index contributed by atoms with van der Waals surface area (Å²) in [6, 6.07) is 5.48. The third kappa shape index (κ3) is 4.71. The molecule has 1 aromatic carbocycles. The van der Waals surface area contributed by atoms with Crippen LogP contribution in [0.4, 0.5) is 0 Å². The Morgan fingerprint density at radius 3 is 2.70 bits per heavy atom. The number of likely N-dealkylation sites (N-methyl/N-ethyl adjacent to an activating group) is 1. The molecule has 1 saturated carbocycles. The topological polar surface area (TPSA) is 88.7 Å². The highest BCUT2D eigenvalue weighted by atomic mass is 16.5. The molecule has 3 N–H and O–H groups in total. The number of nitrogens with one attached hydrogen (secondary N) is 3. The van der Waals surface area contributed by atoms with Crippen molar-refractivity contribution in [2.45, 2.75) is 32.7 Å². The van der Waals surface area contributed by atoms with Crippen LogP contribution in [-0.2, 0) is 16.1 Å². The maximum absolute atomic E-state index is 12.5. The van der Waals surface area contributed by atoms with Gasteiger partial charge in [0.15, 0.2) is 18.1 Å². The lowest BCUT2D eigenvalue weighted by atomic mass is 9.92. The van der Waals surface area contributed by atoms with Crippen molar-refractivity contribution in [3.05, 3.63) is 23.8 Å². The predicted octanol–water partition coefficient (Wildman–Crippen LogP) is 1.22. The van der Waals surface area contributed by atoms with Crippen LogP contribution in [-0.4, -0.2) is 45.2 Å². The average Bonchev–Trinajstić information content (AvgIpc) is 3.38. The number of benzene rings is 1. The van der Waals surface area contributed by atoms with Gasteiger partial charge in [-0.3, -0.25) is 9.59 Å². The highest BCUT2D eigenvalue weighted by Gasteiger charge is 2.57. The Morgan fingerprint density at radius 1 is 1.22 bits per heavy atom. The van der Waals surface area contributed by atoms with Gasteiger partial charge < -0.3 is 25.4 Å². The monoisotopic (exact) mass is 375 g/mol. The Hall–Kier alpha value is -2.28. The molecule has 7 nitrogen and oxygen atoms in total. The summed E-state index contributed by atoms with van der Waals surface area (Å²) < 4.78 is 10.9. The molecule has 1 saturated heterocycles. The molecule has 1 heterocycles. The Labute approximate surface area is 160 Å². The predicted molar refractivity (Wildman–Crippen MR) is 102 cm³/mol. The van der Waals surface area contributed by atoms with Crippen molar-refractivity contribution in [3.8, 4) is 11.5 Å². The maximum Gasteiger partial charge on any atom is 0.257 e. The molecule has 0 bridgehead atoms. The molecule has 7 heteroatoms. The third-order valence-corrected chi connectivity index (χ3v) is 5.53. The zero-order chi connectivity index (χ0) is 19.3. The van der Waals surface area contributed by atoms with Crippen LogP contribution in [0.2, 0.25) is 0 Å². The van der Waals surface area contributed by atoms with Crippen molar-refractivity contribution in [3.63, 3.8) is 0 Å². The van der Waals surface area contributed by atoms with Crippen LogP contribution >= 0.6 is 0 Å². The Kier molecular flexibility index (Phi) is 6.21. The van der Waals surface area contributed by atoms with Gasteiger partial charge in [0, 0.05) is 19.0 Å². The lowest BCUT2D eigenvalue weighted by Gasteiger charge is -2.23. The van der Waals surface area contributed by atoms with Crippen molar-refractivity contribution in [2.24, 2.45) is 11.3 Å². The Balaban J connectivity index is 1.51. The molecule has 1 aliphatic carbocycles. The average molecular weight is 375 g/mol. The maximum atomic E-state index is 12.5. The summed E-state index contributed by atoms with van der Waals surface area (Å²) in [6.07, 6.45) is 3.20. The van der Waals surface area contributed by atoms with Crippen LogP contribution in [0, 0.1) is 11.3 Å². The van der Waals surface area contributed by atoms with E-state index >= 15 is 0 Å². The molecular formula is C20H29N3O4. The Morgan fingerprint density at radius 2 is 2.00 bits per heavy atom. The standard InChI is InChI=1S/C20H29N3O4/c1-3-22-18(24)13-27-16-5-4-14(10-17(16)26-2)12-23-19(25)15-11-20(15)6-8-21-9-7-20/h4-5,10,15,21H,3,6-9,11-13H2,1-2H3,(H,22,24)(H,23,25). The second-order valence-electron chi connectivity index (χ2n) is 7.31. The van der Waals surface area contributed by atoms with Gasteiger partial charge in [-0.15, -0.1) is 0 Å². The number of piperidine rings is 1. The first kappa shape index (κ1) is 19.5. The molecule has 2 aliphatic rings. The molecule has 27 heavy (non-hydrogen) atoms. The highest BCUT2D eigenvalue weighted by Crippen LogP contribution is 2.58. The summed E-state index contributed by atoms with van der Waals surface area (Å²) in [5.41, 5.74) is 1.18. The Bertz CT molecular complexity index is 686. The van der Waals surface area contributed by atoms with Crippen molar-refractivity contribution in [1.82, 2.24) is 16.0 Å². The molecule has 2 fully saturated rings. The second-order valence-corrected chi connectivity index (χ2v) is 7.31. The quantitative estimate of drug-likeness (QED) is 0.636. The summed E-state index contributed by atoms with van der Waals surface area (Å²) in [7, 11) is 1.56. The van der Waals surface area contributed by atoms with Crippen LogP contribution in [0.3, 0.4) is 0 Å². The summed E-state index contributed by atoms with van der Waals surface area (Å²) in [5.74, 6) is 1.18. The zero-order valence-electron chi connectivity index (χ0n) is 16.1. The largest absolute Gasteiger partial charge is 0.493 e. The molecular weight excluding hydrogens is 346 g/mol. The molecule has 1 spiro atoms. The van der Waals surface area contributed by atoms with Gasteiger partial charge in [-0.25, -0.2) is 0 Å². The lowest BCUT2D eigenvalue weighted by Crippen LogP contribution is -2.33. The van der Waals surface area contributed by atoms with E-state index in [1.807, 2.05) is 19.1 Å². The van der Waals surface area contributed by atoms with E-state index in [0.29, 0.717) is 24.6 Å². The number of methoxy groups -OCH3 is 1. The minimum Gasteiger partial charge on any atom is -0.493 e. The van der Waals surface area contributed by atoms with E-state index in [1.165, 1.54) is 0 Å². The molecule has 148 valence electrons. The van der Waals surface area contributed by atoms with E-state index in [1.54, 1.807) is 13.2 Å². The first-order valence-electron chi connectivity index (χ1n) is 9.63. The minimum absolute atomic E-state index is 0.0566. The van der Waals surface area contributed by atoms with E-state index in [9.17, 15) is 9.59 Å². The SMILES string of the molecule is CCNC(=O)COc1ccc(CNC(=O)C2CC23CCNCC3)cc1OC. The molecule has 1 atom stereocenters. The van der Waals surface area contributed by atoms with Crippen molar-refractivity contribution < 1.29 is 19.1 Å². The second kappa shape index (κ2) is 8.61. The van der Waals surface area contributed by atoms with Gasteiger partial charge in [0.1, 0.15) is 0 Å². The van der Waals surface area contributed by atoms with Gasteiger partial charge in [0.05, 0.1) is 7.11 Å². The molecule has 0 radical (unpaired) electrons. The van der Waals surface area contributed by atoms with Crippen molar-refractivity contribution >= 4 is 11.8 Å². The van der Waals surface area contributed by atoms with Crippen molar-refractivity contribution in [2.75, 3.05) is 33.4 Å². The van der Waals surface area contributed by atoms with Gasteiger partial charge in [-0.1, -0.05) is 6.07 Å². The van der Waals surface area contributed by atoms with Crippen LogP contribution in [0.25, 0.3) is 0 Å². The highest BCUT2D eigenvalue weighted by molar-refractivity contribution is 5.82. The fourth-order valence-corrected chi connectivity index (χ4v) is 3.84. The van der Waals surface area contributed by atoms with E-state index < -0.39 is 0 Å². The number of carbonyl (C=O) groups is 2. The molecule has 0 aromatic heterocycles. The summed E-state index contributed by atoms with van der Waals surface area (Å²) in [4.78, 5) is 24.0. The summed E-state index contributed by atoms with van der Waals surface area (Å²) >= 11 is 0. The smallest absolute Gasteiger partial charge is 0.257 e. The number of ether oxygens (including phenoxy) is 2. The molecule has 1 unspecified atom stereocenters. The number of carbonyl (C=O) groups excluding carboxylic acids is 2. The third-order valence-electron chi connectivity index (χ3n) is 5.53. The van der Waals surface area contributed by atoms with Crippen LogP contribution in [0.15, 0.2) is 18.2 Å². The summed E-state index contributed by atoms with van der Waals surface area (Å²) in [6.45, 7) is 4.85. The fourth-order valence-electron chi connectivity index (χ4n) is 3.84. The fraction of sp³-hybridized carbons (Fsp3) is 0.600. The van der Waals surface area contributed by atoms with Crippen LogP contribution < -0.4 is 25.4 Å². The minimum atomic E-state index is -0.174. The zero-order valence-corrected chi connectivity index (χ0v) is 16.1. The van der Waals surface area contributed by atoms with E-state index in [2.05, 4.69) is 16.0 Å². The van der Waals surface area contributed by atoms with Gasteiger partial charge >= 0.3 is 0 Å². The van der Waals surface area contributed by atoms with E-state index in [0.717, 1.165) is 37.9 Å². The molecule has 1 aliphatic heterocycles. The molecule has 2 amide bonds. The van der Waals surface area contributed by atoms with Crippen LogP contribution in [0.1, 0.15) is 31.7 Å². The number of hydrogen-bond donors (Lipinski definition) is 3. The van der Waals surface area contributed by atoms with E-state index in [4.69, 9.17) is 9.47 Å². The first-order valence-corrected chi connectivity index (χ1v) is 9.63. The van der Waals surface area contributed by atoms with Gasteiger partial charge in [0.2, 0.25) is 5.91 Å². The first-order chi connectivity index (χ1) is 13.1. The molecule has 3 rings (SSSR count). The summed E-state index contributed by atoms with van der Waals surface area (Å²) in [5, 5.41) is 9.09. The van der Waals surface area contributed by atoms with Crippen molar-refractivity contribution in [1.29, 1.82) is 0 Å². The van der Waals surface area contributed by atoms with Gasteiger partial charge in [-0.2, -0.15) is 0 Å². The lowest BCUT2D eigenvalue weighted by molar-refractivity contribution is -0.124. The van der Waals surface area contributed by atoms with E-state index in [-0.39, 0.29) is 29.8 Å². The number of hydrogen-bond acceptors (Lipinski definition) is 5. The van der Waals surface area contributed by atoms with Gasteiger partial charge in [0.25, 0.3) is 5.91 Å².